The molecule has 4 fully saturated rings. The second-order valence-corrected chi connectivity index (χ2v) is 7.62. The highest BCUT2D eigenvalue weighted by Gasteiger charge is 2.54. The first kappa shape index (κ1) is 15.8. The van der Waals surface area contributed by atoms with E-state index in [0.29, 0.717) is 24.2 Å². The van der Waals surface area contributed by atoms with E-state index in [9.17, 15) is 9.90 Å². The lowest BCUT2D eigenvalue weighted by Crippen LogP contribution is -2.60. The van der Waals surface area contributed by atoms with Crippen LogP contribution in [0.2, 0.25) is 0 Å². The Kier molecular flexibility index (Phi) is 3.67. The molecule has 1 aromatic heterocycles. The van der Waals surface area contributed by atoms with Crippen molar-refractivity contribution in [3.05, 3.63) is 53.9 Å². The van der Waals surface area contributed by atoms with Crippen molar-refractivity contribution in [2.45, 2.75) is 30.8 Å². The number of fused-ring (bicyclic) bond motifs is 2. The number of phenols is 1. The Balaban J connectivity index is 1.54. The molecular formula is C20H22N4O2. The van der Waals surface area contributed by atoms with Crippen LogP contribution in [0.25, 0.3) is 0 Å². The number of phenolic OH excluding ortho intramolecular Hbond substituents is 1. The first-order chi connectivity index (χ1) is 12.7. The van der Waals surface area contributed by atoms with Gasteiger partial charge >= 0.3 is 0 Å². The fraction of sp³-hybridized carbons (Fsp3) is 0.450. The summed E-state index contributed by atoms with van der Waals surface area (Å²) in [4.78, 5) is 17.7. The Morgan fingerprint density at radius 2 is 1.96 bits per heavy atom. The third-order valence-corrected chi connectivity index (χ3v) is 6.34. The molecule has 134 valence electrons. The minimum Gasteiger partial charge on any atom is -0.508 e. The SMILES string of the molecule is O=C(c1cccnn1)N1C[C@@H](c2cccc(O)c2)[C@@H]2[C@H]1C1CCN2CC1. The molecule has 2 bridgehead atoms. The molecular weight excluding hydrogens is 328 g/mol. The summed E-state index contributed by atoms with van der Waals surface area (Å²) in [6.07, 6.45) is 3.89. The summed E-state index contributed by atoms with van der Waals surface area (Å²) in [7, 11) is 0. The average molecular weight is 350 g/mol. The molecule has 26 heavy (non-hydrogen) atoms. The van der Waals surface area contributed by atoms with E-state index in [4.69, 9.17) is 0 Å². The third kappa shape index (κ3) is 2.40. The number of piperidine rings is 3. The molecule has 3 atom stereocenters. The minimum atomic E-state index is -0.0236. The molecule has 0 radical (unpaired) electrons. The van der Waals surface area contributed by atoms with Gasteiger partial charge in [0.15, 0.2) is 5.69 Å². The van der Waals surface area contributed by atoms with E-state index in [1.807, 2.05) is 17.0 Å². The van der Waals surface area contributed by atoms with Gasteiger partial charge in [-0.2, -0.15) is 5.10 Å². The smallest absolute Gasteiger partial charge is 0.274 e. The Bertz CT molecular complexity index is 820. The zero-order valence-corrected chi connectivity index (χ0v) is 14.5. The summed E-state index contributed by atoms with van der Waals surface area (Å²) in [6, 6.07) is 11.6. The van der Waals surface area contributed by atoms with E-state index in [2.05, 4.69) is 21.2 Å². The molecule has 0 unspecified atom stereocenters. The number of benzene rings is 1. The van der Waals surface area contributed by atoms with Crippen LogP contribution in [-0.2, 0) is 0 Å². The molecule has 0 saturated carbocycles. The molecule has 1 amide bonds. The zero-order chi connectivity index (χ0) is 17.7. The zero-order valence-electron chi connectivity index (χ0n) is 14.5. The number of carbonyl (C=O) groups excluding carboxylic acids is 1. The molecule has 5 heterocycles. The van der Waals surface area contributed by atoms with E-state index in [1.54, 1.807) is 24.4 Å². The summed E-state index contributed by atoms with van der Waals surface area (Å²) < 4.78 is 0. The van der Waals surface area contributed by atoms with Gasteiger partial charge in [-0.3, -0.25) is 9.69 Å². The predicted octanol–water partition coefficient (Wildman–Crippen LogP) is 1.88. The quantitative estimate of drug-likeness (QED) is 0.896. The molecule has 0 spiro atoms. The lowest BCUT2D eigenvalue weighted by Gasteiger charge is -2.51. The molecule has 1 N–H and O–H groups in total. The standard InChI is InChI=1S/C20H22N4O2/c25-15-4-1-3-14(11-15)16-12-24(20(26)17-5-2-8-21-22-17)18-13-6-9-23(10-7-13)19(16)18/h1-5,8,11,13,16,18-19,25H,6-7,9-10,12H2/t16-,18+,19+/m0/s1. The number of amides is 1. The van der Waals surface area contributed by atoms with Gasteiger partial charge in [-0.05, 0) is 61.7 Å². The van der Waals surface area contributed by atoms with E-state index < -0.39 is 0 Å². The largest absolute Gasteiger partial charge is 0.508 e. The summed E-state index contributed by atoms with van der Waals surface area (Å²) in [5, 5.41) is 17.9. The van der Waals surface area contributed by atoms with E-state index in [1.165, 1.54) is 0 Å². The Morgan fingerprint density at radius 1 is 1.12 bits per heavy atom. The van der Waals surface area contributed by atoms with Crippen molar-refractivity contribution in [2.75, 3.05) is 19.6 Å². The molecule has 4 aliphatic rings. The van der Waals surface area contributed by atoms with Crippen molar-refractivity contribution >= 4 is 5.91 Å². The van der Waals surface area contributed by atoms with E-state index >= 15 is 0 Å². The maximum atomic E-state index is 13.2. The van der Waals surface area contributed by atoms with Crippen molar-refractivity contribution in [1.82, 2.24) is 20.0 Å². The number of aromatic nitrogens is 2. The number of hydrogen-bond acceptors (Lipinski definition) is 5. The number of rotatable bonds is 2. The Hall–Kier alpha value is -2.47. The molecule has 2 aromatic rings. The van der Waals surface area contributed by atoms with Crippen LogP contribution in [0.1, 0.15) is 34.8 Å². The van der Waals surface area contributed by atoms with E-state index in [0.717, 1.165) is 31.5 Å². The molecule has 6 rings (SSSR count). The van der Waals surface area contributed by atoms with E-state index in [-0.39, 0.29) is 23.6 Å². The summed E-state index contributed by atoms with van der Waals surface area (Å²) >= 11 is 0. The number of carbonyl (C=O) groups is 1. The first-order valence-electron chi connectivity index (χ1n) is 9.34. The van der Waals surface area contributed by atoms with Gasteiger partial charge in [0.2, 0.25) is 0 Å². The molecule has 1 aromatic carbocycles. The van der Waals surface area contributed by atoms with Crippen molar-refractivity contribution in [3.8, 4) is 5.75 Å². The molecule has 0 aliphatic carbocycles. The van der Waals surface area contributed by atoms with Gasteiger partial charge in [-0.1, -0.05) is 12.1 Å². The van der Waals surface area contributed by atoms with Gasteiger partial charge in [0.1, 0.15) is 5.75 Å². The summed E-state index contributed by atoms with van der Waals surface area (Å²) in [5.41, 5.74) is 1.53. The van der Waals surface area contributed by atoms with Crippen LogP contribution in [-0.4, -0.2) is 62.7 Å². The van der Waals surface area contributed by atoms with Crippen LogP contribution in [0, 0.1) is 5.92 Å². The number of likely N-dealkylation sites (tertiary alicyclic amines) is 1. The highest BCUT2D eigenvalue weighted by Crippen LogP contribution is 2.47. The topological polar surface area (TPSA) is 69.6 Å². The van der Waals surface area contributed by atoms with Crippen molar-refractivity contribution in [3.63, 3.8) is 0 Å². The second kappa shape index (κ2) is 6.06. The van der Waals surface area contributed by atoms with Gasteiger partial charge in [-0.15, -0.1) is 5.10 Å². The normalized spacial score (nSPS) is 32.5. The van der Waals surface area contributed by atoms with Gasteiger partial charge in [0.25, 0.3) is 5.91 Å². The lowest BCUT2D eigenvalue weighted by atomic mass is 9.75. The van der Waals surface area contributed by atoms with Crippen LogP contribution >= 0.6 is 0 Å². The van der Waals surface area contributed by atoms with Crippen molar-refractivity contribution in [1.29, 1.82) is 0 Å². The molecule has 6 nitrogen and oxygen atoms in total. The predicted molar refractivity (Wildman–Crippen MR) is 95.8 cm³/mol. The van der Waals surface area contributed by atoms with Crippen LogP contribution in [0.15, 0.2) is 42.6 Å². The molecule has 6 heteroatoms. The maximum absolute atomic E-state index is 13.2. The number of aromatic hydroxyl groups is 1. The van der Waals surface area contributed by atoms with Gasteiger partial charge in [0.05, 0.1) is 6.04 Å². The van der Waals surface area contributed by atoms with Gasteiger partial charge in [-0.25, -0.2) is 0 Å². The Morgan fingerprint density at radius 3 is 2.69 bits per heavy atom. The number of nitrogens with zero attached hydrogens (tertiary/aromatic N) is 4. The molecule has 4 saturated heterocycles. The van der Waals surface area contributed by atoms with Crippen LogP contribution in [0.4, 0.5) is 0 Å². The third-order valence-electron chi connectivity index (χ3n) is 6.34. The monoisotopic (exact) mass is 350 g/mol. The lowest BCUT2D eigenvalue weighted by molar-refractivity contribution is -0.00362. The fourth-order valence-electron chi connectivity index (χ4n) is 5.27. The fourth-order valence-corrected chi connectivity index (χ4v) is 5.27. The Labute approximate surface area is 152 Å². The van der Waals surface area contributed by atoms with Crippen molar-refractivity contribution < 1.29 is 9.90 Å². The first-order valence-corrected chi connectivity index (χ1v) is 9.34. The van der Waals surface area contributed by atoms with Crippen LogP contribution in [0.3, 0.4) is 0 Å². The highest BCUT2D eigenvalue weighted by molar-refractivity contribution is 5.92. The van der Waals surface area contributed by atoms with Crippen LogP contribution in [0.5, 0.6) is 5.75 Å². The van der Waals surface area contributed by atoms with Crippen molar-refractivity contribution in [2.24, 2.45) is 5.92 Å². The van der Waals surface area contributed by atoms with Crippen LogP contribution < -0.4 is 0 Å². The average Bonchev–Trinajstić information content (AvgIpc) is 3.12. The second-order valence-electron chi connectivity index (χ2n) is 7.62. The summed E-state index contributed by atoms with van der Waals surface area (Å²) in [6.45, 7) is 2.88. The minimum absolute atomic E-state index is 0.0236. The summed E-state index contributed by atoms with van der Waals surface area (Å²) in [5.74, 6) is 1.03. The number of hydrogen-bond donors (Lipinski definition) is 1. The molecule has 4 aliphatic heterocycles. The van der Waals surface area contributed by atoms with Gasteiger partial charge < -0.3 is 10.0 Å². The maximum Gasteiger partial charge on any atom is 0.274 e. The van der Waals surface area contributed by atoms with Gasteiger partial charge in [0, 0.05) is 24.7 Å². The highest BCUT2D eigenvalue weighted by atomic mass is 16.3.